The minimum Gasteiger partial charge on any atom is -0.478 e. The van der Waals surface area contributed by atoms with Crippen LogP contribution in [-0.2, 0) is 0 Å². The first kappa shape index (κ1) is 14.2. The topological polar surface area (TPSA) is 80.2 Å². The van der Waals surface area contributed by atoms with Gasteiger partial charge in [-0.3, -0.25) is 9.78 Å². The monoisotopic (exact) mass is 299 g/mol. The van der Waals surface area contributed by atoms with Crippen LogP contribution in [0.4, 0.5) is 5.82 Å². The second kappa shape index (κ2) is 6.38. The van der Waals surface area contributed by atoms with Crippen molar-refractivity contribution in [2.45, 2.75) is 12.5 Å². The summed E-state index contributed by atoms with van der Waals surface area (Å²) in [4.78, 5) is 26.7. The Kier molecular flexibility index (Phi) is 4.13. The predicted molar refractivity (Wildman–Crippen MR) is 80.9 cm³/mol. The van der Waals surface area contributed by atoms with E-state index in [2.05, 4.69) is 25.2 Å². The van der Waals surface area contributed by atoms with Gasteiger partial charge < -0.3 is 15.0 Å². The van der Waals surface area contributed by atoms with Crippen LogP contribution in [0.15, 0.2) is 36.8 Å². The predicted octanol–water partition coefficient (Wildman–Crippen LogP) is 0.889. The fourth-order valence-corrected chi connectivity index (χ4v) is 2.51. The van der Waals surface area contributed by atoms with Gasteiger partial charge in [-0.2, -0.15) is 0 Å². The molecule has 22 heavy (non-hydrogen) atoms. The number of rotatable bonds is 4. The molecule has 0 spiro atoms. The Bertz CT molecular complexity index is 649. The van der Waals surface area contributed by atoms with E-state index in [0.717, 1.165) is 13.0 Å². The number of amides is 1. The molecule has 0 radical (unpaired) electrons. The highest BCUT2D eigenvalue weighted by Crippen LogP contribution is 2.25. The average molecular weight is 299 g/mol. The highest BCUT2D eigenvalue weighted by Gasteiger charge is 2.27. The summed E-state index contributed by atoms with van der Waals surface area (Å²) < 4.78 is 5.23. The summed E-state index contributed by atoms with van der Waals surface area (Å²) in [5.41, 5.74) is 0.429. The van der Waals surface area contributed by atoms with Crippen LogP contribution in [0.25, 0.3) is 0 Å². The third kappa shape index (κ3) is 2.98. The summed E-state index contributed by atoms with van der Waals surface area (Å²) in [7, 11) is 1.57. The molecule has 3 rings (SSSR count). The van der Waals surface area contributed by atoms with E-state index in [0.29, 0.717) is 23.9 Å². The van der Waals surface area contributed by atoms with Crippen molar-refractivity contribution < 1.29 is 9.53 Å². The molecule has 0 aliphatic carbocycles. The van der Waals surface area contributed by atoms with Gasteiger partial charge in [-0.15, -0.1) is 0 Å². The van der Waals surface area contributed by atoms with Gasteiger partial charge in [-0.1, -0.05) is 6.07 Å². The summed E-state index contributed by atoms with van der Waals surface area (Å²) in [5, 5.41) is 3.00. The van der Waals surface area contributed by atoms with E-state index >= 15 is 0 Å². The van der Waals surface area contributed by atoms with E-state index in [-0.39, 0.29) is 11.9 Å². The van der Waals surface area contributed by atoms with Crippen LogP contribution in [0.5, 0.6) is 5.88 Å². The first-order chi connectivity index (χ1) is 10.8. The maximum absolute atomic E-state index is 12.1. The summed E-state index contributed by atoms with van der Waals surface area (Å²) in [5.74, 6) is 1.05. The van der Waals surface area contributed by atoms with Crippen molar-refractivity contribution in [1.82, 2.24) is 20.3 Å². The van der Waals surface area contributed by atoms with Crippen molar-refractivity contribution in [3.63, 3.8) is 0 Å². The van der Waals surface area contributed by atoms with Crippen LogP contribution in [0.3, 0.4) is 0 Å². The van der Waals surface area contributed by atoms with Crippen LogP contribution in [0, 0.1) is 0 Å². The number of ether oxygens (including phenoxy) is 1. The van der Waals surface area contributed by atoms with Gasteiger partial charge in [-0.05, 0) is 18.6 Å². The zero-order valence-electron chi connectivity index (χ0n) is 12.3. The number of nitrogens with one attached hydrogen (secondary N) is 1. The fraction of sp³-hybridized carbons (Fsp3) is 0.333. The van der Waals surface area contributed by atoms with Crippen molar-refractivity contribution >= 4 is 11.7 Å². The number of anilines is 1. The molecule has 1 unspecified atom stereocenters. The Hall–Kier alpha value is -2.70. The van der Waals surface area contributed by atoms with Gasteiger partial charge in [0.05, 0.1) is 7.11 Å². The van der Waals surface area contributed by atoms with Gasteiger partial charge in [0, 0.05) is 37.7 Å². The fourth-order valence-electron chi connectivity index (χ4n) is 2.51. The number of nitrogens with zero attached hydrogens (tertiary/aromatic N) is 4. The Morgan fingerprint density at radius 2 is 2.14 bits per heavy atom. The van der Waals surface area contributed by atoms with E-state index in [1.807, 2.05) is 0 Å². The SMILES string of the molecule is COc1nccnc1N1CCC(NC(=O)c2ccccn2)C1. The van der Waals surface area contributed by atoms with E-state index in [1.54, 1.807) is 43.9 Å². The molecule has 0 saturated carbocycles. The maximum Gasteiger partial charge on any atom is 0.270 e. The first-order valence-electron chi connectivity index (χ1n) is 7.10. The van der Waals surface area contributed by atoms with Crippen LogP contribution >= 0.6 is 0 Å². The number of hydrogen-bond acceptors (Lipinski definition) is 6. The average Bonchev–Trinajstić information content (AvgIpc) is 3.04. The molecule has 1 fully saturated rings. The largest absolute Gasteiger partial charge is 0.478 e. The maximum atomic E-state index is 12.1. The number of carbonyl (C=O) groups excluding carboxylic acids is 1. The molecule has 7 heteroatoms. The smallest absolute Gasteiger partial charge is 0.270 e. The number of carbonyl (C=O) groups is 1. The van der Waals surface area contributed by atoms with E-state index in [1.165, 1.54) is 0 Å². The van der Waals surface area contributed by atoms with Crippen LogP contribution < -0.4 is 15.0 Å². The summed E-state index contributed by atoms with van der Waals surface area (Å²) in [6, 6.07) is 5.34. The lowest BCUT2D eigenvalue weighted by Crippen LogP contribution is -2.37. The van der Waals surface area contributed by atoms with Gasteiger partial charge in [0.25, 0.3) is 11.8 Å². The van der Waals surface area contributed by atoms with Crippen molar-refractivity contribution in [1.29, 1.82) is 0 Å². The molecule has 7 nitrogen and oxygen atoms in total. The molecule has 1 atom stereocenters. The van der Waals surface area contributed by atoms with Crippen molar-refractivity contribution in [2.75, 3.05) is 25.1 Å². The number of aromatic nitrogens is 3. The highest BCUT2D eigenvalue weighted by atomic mass is 16.5. The number of methoxy groups -OCH3 is 1. The molecule has 3 heterocycles. The van der Waals surface area contributed by atoms with Gasteiger partial charge in [0.2, 0.25) is 0 Å². The molecular formula is C15H17N5O2. The molecule has 1 aliphatic heterocycles. The molecule has 1 saturated heterocycles. The van der Waals surface area contributed by atoms with Crippen molar-refractivity contribution in [3.05, 3.63) is 42.5 Å². The Labute approximate surface area is 128 Å². The molecule has 0 aromatic carbocycles. The van der Waals surface area contributed by atoms with Crippen LogP contribution in [0.1, 0.15) is 16.9 Å². The normalized spacial score (nSPS) is 17.3. The Balaban J connectivity index is 1.64. The summed E-state index contributed by atoms with van der Waals surface area (Å²) in [6.07, 6.45) is 5.69. The quantitative estimate of drug-likeness (QED) is 0.903. The lowest BCUT2D eigenvalue weighted by Gasteiger charge is -2.19. The first-order valence-corrected chi connectivity index (χ1v) is 7.10. The lowest BCUT2D eigenvalue weighted by atomic mass is 10.2. The van der Waals surface area contributed by atoms with Gasteiger partial charge in [-0.25, -0.2) is 9.97 Å². The third-order valence-electron chi connectivity index (χ3n) is 3.56. The third-order valence-corrected chi connectivity index (χ3v) is 3.56. The molecule has 0 bridgehead atoms. The Morgan fingerprint density at radius 3 is 2.91 bits per heavy atom. The molecular weight excluding hydrogens is 282 g/mol. The van der Waals surface area contributed by atoms with Crippen molar-refractivity contribution in [2.24, 2.45) is 0 Å². The van der Waals surface area contributed by atoms with E-state index in [9.17, 15) is 4.79 Å². The molecule has 2 aromatic rings. The van der Waals surface area contributed by atoms with Gasteiger partial charge in [0.15, 0.2) is 5.82 Å². The standard InChI is InChI=1S/C15H17N5O2/c1-22-15-13(17-7-8-18-15)20-9-5-11(10-20)19-14(21)12-4-2-3-6-16-12/h2-4,6-8,11H,5,9-10H2,1H3,(H,19,21). The highest BCUT2D eigenvalue weighted by molar-refractivity contribution is 5.92. The molecule has 1 amide bonds. The number of hydrogen-bond donors (Lipinski definition) is 1. The molecule has 1 N–H and O–H groups in total. The Morgan fingerprint density at radius 1 is 1.27 bits per heavy atom. The zero-order valence-corrected chi connectivity index (χ0v) is 12.3. The summed E-state index contributed by atoms with van der Waals surface area (Å²) >= 11 is 0. The van der Waals surface area contributed by atoms with Gasteiger partial charge >= 0.3 is 0 Å². The van der Waals surface area contributed by atoms with Gasteiger partial charge in [0.1, 0.15) is 5.69 Å². The molecule has 1 aliphatic rings. The minimum absolute atomic E-state index is 0.0567. The second-order valence-electron chi connectivity index (χ2n) is 5.01. The van der Waals surface area contributed by atoms with Crippen molar-refractivity contribution in [3.8, 4) is 5.88 Å². The second-order valence-corrected chi connectivity index (χ2v) is 5.01. The van der Waals surface area contributed by atoms with E-state index < -0.39 is 0 Å². The minimum atomic E-state index is -0.154. The molecule has 2 aromatic heterocycles. The van der Waals surface area contributed by atoms with Crippen LogP contribution in [0.2, 0.25) is 0 Å². The van der Waals surface area contributed by atoms with E-state index in [4.69, 9.17) is 4.74 Å². The molecule has 114 valence electrons. The van der Waals surface area contributed by atoms with Crippen LogP contribution in [-0.4, -0.2) is 47.1 Å². The summed E-state index contributed by atoms with van der Waals surface area (Å²) in [6.45, 7) is 1.47. The lowest BCUT2D eigenvalue weighted by molar-refractivity contribution is 0.0935. The zero-order chi connectivity index (χ0) is 15.4. The number of pyridine rings is 1.